The second-order valence-electron chi connectivity index (χ2n) is 8.10. The number of primary sulfonamides is 1. The molecular formula is C22H12F9N5O3S. The first-order valence-electron chi connectivity index (χ1n) is 10.5. The second kappa shape index (κ2) is 9.47. The predicted octanol–water partition coefficient (Wildman–Crippen LogP) is 5.35. The Morgan fingerprint density at radius 1 is 0.850 bits per heavy atom. The first-order chi connectivity index (χ1) is 18.3. The number of carbonyl (C=O) groups is 1. The van der Waals surface area contributed by atoms with Crippen LogP contribution in [0.2, 0.25) is 0 Å². The van der Waals surface area contributed by atoms with Crippen LogP contribution in [0.25, 0.3) is 16.9 Å². The standard InChI is InChI=1S/C22H12F9N5O3S/c23-20(24,25)14-5-4-10(6-15(14)21(26,27)28)16-8-17(22(29,30)31)36-18(35-16)13(9-33-36)19(37)34-11-2-1-3-12(7-11)40(32,38)39/h1-9H,(H,34,37)(H2,32,38,39). The van der Waals surface area contributed by atoms with Gasteiger partial charge in [-0.2, -0.15) is 44.6 Å². The molecule has 4 aromatic rings. The van der Waals surface area contributed by atoms with Gasteiger partial charge in [-0.05, 0) is 36.4 Å². The largest absolute Gasteiger partial charge is 0.433 e. The van der Waals surface area contributed by atoms with Crippen LogP contribution >= 0.6 is 0 Å². The van der Waals surface area contributed by atoms with Crippen molar-refractivity contribution in [2.45, 2.75) is 23.4 Å². The Morgan fingerprint density at radius 2 is 1.50 bits per heavy atom. The normalized spacial score (nSPS) is 13.1. The lowest BCUT2D eigenvalue weighted by Gasteiger charge is -2.17. The zero-order valence-corrected chi connectivity index (χ0v) is 20.0. The van der Waals surface area contributed by atoms with Crippen molar-refractivity contribution in [2.24, 2.45) is 5.14 Å². The van der Waals surface area contributed by atoms with Crippen molar-refractivity contribution in [2.75, 3.05) is 5.32 Å². The summed E-state index contributed by atoms with van der Waals surface area (Å²) in [4.78, 5) is 16.2. The van der Waals surface area contributed by atoms with E-state index in [0.717, 1.165) is 12.1 Å². The minimum atomic E-state index is -5.52. The molecule has 0 aliphatic heterocycles. The van der Waals surface area contributed by atoms with Crippen molar-refractivity contribution < 1.29 is 52.7 Å². The summed E-state index contributed by atoms with van der Waals surface area (Å²) in [6.07, 6.45) is -15.5. The van der Waals surface area contributed by atoms with Crippen LogP contribution in [-0.2, 0) is 28.6 Å². The fourth-order valence-electron chi connectivity index (χ4n) is 3.61. The fraction of sp³-hybridized carbons (Fsp3) is 0.136. The molecule has 0 aliphatic carbocycles. The Hall–Kier alpha value is -4.19. The lowest BCUT2D eigenvalue weighted by molar-refractivity contribution is -0.162. The fourth-order valence-corrected chi connectivity index (χ4v) is 4.17. The van der Waals surface area contributed by atoms with Crippen LogP contribution in [0, 0.1) is 0 Å². The molecule has 3 N–H and O–H groups in total. The van der Waals surface area contributed by atoms with Gasteiger partial charge in [-0.15, -0.1) is 0 Å². The molecule has 0 spiro atoms. The number of benzene rings is 2. The van der Waals surface area contributed by atoms with Crippen LogP contribution in [0.15, 0.2) is 59.6 Å². The minimum Gasteiger partial charge on any atom is -0.322 e. The maximum absolute atomic E-state index is 13.8. The number of nitrogens with two attached hydrogens (primary N) is 1. The maximum Gasteiger partial charge on any atom is 0.433 e. The third kappa shape index (κ3) is 5.71. The summed E-state index contributed by atoms with van der Waals surface area (Å²) in [7, 11) is -4.19. The monoisotopic (exact) mass is 597 g/mol. The molecule has 0 saturated heterocycles. The lowest BCUT2D eigenvalue weighted by Crippen LogP contribution is -2.17. The number of amides is 1. The molecule has 212 valence electrons. The number of fused-ring (bicyclic) bond motifs is 1. The summed E-state index contributed by atoms with van der Waals surface area (Å²) >= 11 is 0. The highest BCUT2D eigenvalue weighted by atomic mass is 32.2. The number of carbonyl (C=O) groups excluding carboxylic acids is 1. The second-order valence-corrected chi connectivity index (χ2v) is 9.66. The Morgan fingerprint density at radius 3 is 2.08 bits per heavy atom. The SMILES string of the molecule is NS(=O)(=O)c1cccc(NC(=O)c2cnn3c(C(F)(F)F)cc(-c4ccc(C(F)(F)F)c(C(F)(F)F)c4)nc23)c1. The summed E-state index contributed by atoms with van der Waals surface area (Å²) in [6.45, 7) is 0. The van der Waals surface area contributed by atoms with Crippen LogP contribution < -0.4 is 10.5 Å². The summed E-state index contributed by atoms with van der Waals surface area (Å²) in [5.74, 6) is -1.15. The quantitative estimate of drug-likeness (QED) is 0.308. The Balaban J connectivity index is 1.88. The topological polar surface area (TPSA) is 119 Å². The molecule has 40 heavy (non-hydrogen) atoms. The molecule has 2 heterocycles. The van der Waals surface area contributed by atoms with E-state index in [2.05, 4.69) is 15.4 Å². The number of halogens is 9. The van der Waals surface area contributed by atoms with Gasteiger partial charge in [0, 0.05) is 11.3 Å². The molecule has 0 aliphatic rings. The Kier molecular flexibility index (Phi) is 6.82. The van der Waals surface area contributed by atoms with E-state index in [9.17, 15) is 52.7 Å². The van der Waals surface area contributed by atoms with Crippen LogP contribution in [0.4, 0.5) is 45.2 Å². The van der Waals surface area contributed by atoms with Crippen LogP contribution in [-0.4, -0.2) is 28.9 Å². The van der Waals surface area contributed by atoms with E-state index >= 15 is 0 Å². The van der Waals surface area contributed by atoms with Gasteiger partial charge >= 0.3 is 18.5 Å². The summed E-state index contributed by atoms with van der Waals surface area (Å²) in [5, 5.41) is 10.7. The number of hydrogen-bond donors (Lipinski definition) is 2. The van der Waals surface area contributed by atoms with Gasteiger partial charge in [-0.25, -0.2) is 23.1 Å². The van der Waals surface area contributed by atoms with E-state index in [1.165, 1.54) is 12.1 Å². The van der Waals surface area contributed by atoms with Gasteiger partial charge in [0.1, 0.15) is 5.56 Å². The molecule has 2 aromatic carbocycles. The molecule has 2 aromatic heterocycles. The van der Waals surface area contributed by atoms with Crippen molar-refractivity contribution in [1.82, 2.24) is 14.6 Å². The highest BCUT2D eigenvalue weighted by Crippen LogP contribution is 2.42. The van der Waals surface area contributed by atoms with Gasteiger partial charge in [-0.1, -0.05) is 12.1 Å². The van der Waals surface area contributed by atoms with Crippen LogP contribution in [0.3, 0.4) is 0 Å². The first kappa shape index (κ1) is 28.8. The van der Waals surface area contributed by atoms with Crippen LogP contribution in [0.5, 0.6) is 0 Å². The number of hydrogen-bond acceptors (Lipinski definition) is 5. The van der Waals surface area contributed by atoms with Gasteiger partial charge in [0.15, 0.2) is 11.3 Å². The molecule has 0 fully saturated rings. The minimum absolute atomic E-state index is 0.00329. The van der Waals surface area contributed by atoms with Crippen molar-refractivity contribution in [1.29, 1.82) is 0 Å². The summed E-state index contributed by atoms with van der Waals surface area (Å²) < 4.78 is 144. The van der Waals surface area contributed by atoms with E-state index in [1.54, 1.807) is 0 Å². The van der Waals surface area contributed by atoms with Gasteiger partial charge in [0.25, 0.3) is 5.91 Å². The van der Waals surface area contributed by atoms with E-state index in [1.807, 2.05) is 0 Å². The number of rotatable bonds is 4. The van der Waals surface area contributed by atoms with Gasteiger partial charge in [0.05, 0.1) is 27.9 Å². The predicted molar refractivity (Wildman–Crippen MR) is 119 cm³/mol. The van der Waals surface area contributed by atoms with Crippen molar-refractivity contribution in [3.05, 3.63) is 77.1 Å². The average molecular weight is 597 g/mol. The first-order valence-corrected chi connectivity index (χ1v) is 12.0. The molecule has 18 heteroatoms. The molecule has 0 bridgehead atoms. The molecule has 0 unspecified atom stereocenters. The highest BCUT2D eigenvalue weighted by molar-refractivity contribution is 7.89. The van der Waals surface area contributed by atoms with Gasteiger partial charge in [0.2, 0.25) is 10.0 Å². The number of nitrogens with zero attached hydrogens (tertiary/aromatic N) is 3. The highest BCUT2D eigenvalue weighted by Gasteiger charge is 2.43. The van der Waals surface area contributed by atoms with E-state index in [-0.39, 0.29) is 28.4 Å². The van der Waals surface area contributed by atoms with Gasteiger partial charge in [-0.3, -0.25) is 4.79 Å². The number of nitrogens with one attached hydrogen (secondary N) is 1. The van der Waals surface area contributed by atoms with Crippen LogP contribution in [0.1, 0.15) is 27.2 Å². The molecule has 1 amide bonds. The van der Waals surface area contributed by atoms with E-state index in [4.69, 9.17) is 5.14 Å². The third-order valence-corrected chi connectivity index (χ3v) is 6.26. The van der Waals surface area contributed by atoms with Crippen molar-refractivity contribution in [3.63, 3.8) is 0 Å². The number of alkyl halides is 9. The molecule has 0 radical (unpaired) electrons. The molecule has 0 atom stereocenters. The Labute approximate surface area is 217 Å². The van der Waals surface area contributed by atoms with E-state index < -0.39 is 78.6 Å². The summed E-state index contributed by atoms with van der Waals surface area (Å²) in [6, 6.07) is 5.29. The number of sulfonamides is 1. The number of anilines is 1. The smallest absolute Gasteiger partial charge is 0.322 e. The Bertz CT molecular complexity index is 1740. The summed E-state index contributed by atoms with van der Waals surface area (Å²) in [5.41, 5.74) is -9.01. The lowest BCUT2D eigenvalue weighted by atomic mass is 10.0. The van der Waals surface area contributed by atoms with Crippen molar-refractivity contribution >= 4 is 27.3 Å². The average Bonchev–Trinajstić information content (AvgIpc) is 3.25. The molecular weight excluding hydrogens is 585 g/mol. The third-order valence-electron chi connectivity index (χ3n) is 5.35. The number of aromatic nitrogens is 3. The zero-order chi connectivity index (χ0) is 29.8. The molecule has 4 rings (SSSR count). The van der Waals surface area contributed by atoms with E-state index in [0.29, 0.717) is 12.3 Å². The molecule has 8 nitrogen and oxygen atoms in total. The zero-order valence-electron chi connectivity index (χ0n) is 19.1. The van der Waals surface area contributed by atoms with Gasteiger partial charge < -0.3 is 5.32 Å². The maximum atomic E-state index is 13.8. The molecule has 0 saturated carbocycles. The van der Waals surface area contributed by atoms with Crippen molar-refractivity contribution in [3.8, 4) is 11.3 Å².